The molecule has 2 rings (SSSR count). The van der Waals surface area contributed by atoms with Gasteiger partial charge in [-0.05, 0) is 52.2 Å². The molecule has 1 aromatic rings. The van der Waals surface area contributed by atoms with Crippen LogP contribution in [0.1, 0.15) is 46.1 Å². The molecule has 0 N–H and O–H groups in total. The van der Waals surface area contributed by atoms with E-state index in [2.05, 4.69) is 23.4 Å². The first-order valence-electron chi connectivity index (χ1n) is 7.92. The Hall–Kier alpha value is -1.13. The molecule has 1 heterocycles. The van der Waals surface area contributed by atoms with E-state index in [-0.39, 0.29) is 16.9 Å². The van der Waals surface area contributed by atoms with Crippen LogP contribution in [0.25, 0.3) is 0 Å². The van der Waals surface area contributed by atoms with Crippen LogP contribution in [0.15, 0.2) is 42.7 Å². The number of allylic oxidation sites excluding steroid dienone is 1. The summed E-state index contributed by atoms with van der Waals surface area (Å²) < 4.78 is 20.6. The molecule has 0 aromatic heterocycles. The normalized spacial score (nSPS) is 21.4. The first-order chi connectivity index (χ1) is 10.4. The summed E-state index contributed by atoms with van der Waals surface area (Å²) in [6, 6.07) is 10.3. The molecule has 0 fully saturated rings. The van der Waals surface area contributed by atoms with Gasteiger partial charge in [-0.2, -0.15) is 0 Å². The quantitative estimate of drug-likeness (QED) is 0.819. The predicted octanol–water partition coefficient (Wildman–Crippen LogP) is 4.03. The molecule has 1 aliphatic rings. The van der Waals surface area contributed by atoms with Crippen LogP contribution in [0.4, 0.5) is 0 Å². The third kappa shape index (κ3) is 4.43. The average Bonchev–Trinajstić information content (AvgIpc) is 2.52. The fourth-order valence-corrected chi connectivity index (χ4v) is 3.97. The monoisotopic (exact) mass is 321 g/mol. The molecule has 3 nitrogen and oxygen atoms in total. The second-order valence-corrected chi connectivity index (χ2v) is 8.98. The second-order valence-electron chi connectivity index (χ2n) is 6.79. The van der Waals surface area contributed by atoms with E-state index in [0.717, 1.165) is 12.8 Å². The molecule has 0 radical (unpaired) electrons. The molecule has 1 unspecified atom stereocenters. The van der Waals surface area contributed by atoms with Gasteiger partial charge in [0.15, 0.2) is 0 Å². The summed E-state index contributed by atoms with van der Waals surface area (Å²) in [6.07, 6.45) is 5.93. The minimum Gasteiger partial charge on any atom is -0.497 e. The highest BCUT2D eigenvalue weighted by molar-refractivity contribution is 7.84. The Bertz CT molecular complexity index is 522. The molecule has 0 amide bonds. The summed E-state index contributed by atoms with van der Waals surface area (Å²) in [5, 5.41) is 0. The van der Waals surface area contributed by atoms with Crippen LogP contribution in [-0.2, 0) is 22.3 Å². The van der Waals surface area contributed by atoms with Gasteiger partial charge in [0.2, 0.25) is 0 Å². The standard InChI is InChI=1S/C18H27NO2S/c1-15(17-12-8-9-13-21-17)19(22(20)18(2,3)4)14-16-10-6-5-7-11-16/h5-7,9-11,13,15,17H,8,12,14H2,1-4H3/t15-,17+,22?/m1/s1. The lowest BCUT2D eigenvalue weighted by atomic mass is 10.1. The summed E-state index contributed by atoms with van der Waals surface area (Å²) in [4.78, 5) is 0. The summed E-state index contributed by atoms with van der Waals surface area (Å²) in [5.41, 5.74) is 1.18. The van der Waals surface area contributed by atoms with Gasteiger partial charge >= 0.3 is 0 Å². The molecule has 22 heavy (non-hydrogen) atoms. The Kier molecular flexibility index (Phi) is 5.81. The Morgan fingerprint density at radius 3 is 2.55 bits per heavy atom. The predicted molar refractivity (Wildman–Crippen MR) is 92.6 cm³/mol. The van der Waals surface area contributed by atoms with Crippen molar-refractivity contribution in [2.45, 2.75) is 64.0 Å². The molecular formula is C18H27NO2S. The van der Waals surface area contributed by atoms with E-state index >= 15 is 0 Å². The number of ether oxygens (including phenoxy) is 1. The molecular weight excluding hydrogens is 294 g/mol. The topological polar surface area (TPSA) is 29.5 Å². The van der Waals surface area contributed by atoms with E-state index in [1.165, 1.54) is 5.56 Å². The van der Waals surface area contributed by atoms with Crippen molar-refractivity contribution in [1.82, 2.24) is 4.31 Å². The van der Waals surface area contributed by atoms with Crippen molar-refractivity contribution in [2.75, 3.05) is 0 Å². The second kappa shape index (κ2) is 7.42. The lowest BCUT2D eigenvalue weighted by Crippen LogP contribution is -2.47. The maximum atomic E-state index is 13.0. The van der Waals surface area contributed by atoms with Gasteiger partial charge in [-0.1, -0.05) is 30.3 Å². The van der Waals surface area contributed by atoms with E-state index in [9.17, 15) is 4.21 Å². The minimum atomic E-state index is -1.08. The fraction of sp³-hybridized carbons (Fsp3) is 0.556. The molecule has 122 valence electrons. The highest BCUT2D eigenvalue weighted by atomic mass is 32.2. The first kappa shape index (κ1) is 17.2. The molecule has 1 aromatic carbocycles. The van der Waals surface area contributed by atoms with Gasteiger partial charge in [-0.3, -0.25) is 0 Å². The van der Waals surface area contributed by atoms with Crippen LogP contribution in [0.3, 0.4) is 0 Å². The van der Waals surface area contributed by atoms with Crippen molar-refractivity contribution in [1.29, 1.82) is 0 Å². The molecule has 0 saturated heterocycles. The molecule has 1 aliphatic heterocycles. The highest BCUT2D eigenvalue weighted by Gasteiger charge is 2.34. The number of rotatable bonds is 5. The Labute approximate surface area is 136 Å². The Morgan fingerprint density at radius 2 is 2.00 bits per heavy atom. The lowest BCUT2D eigenvalue weighted by molar-refractivity contribution is 0.0633. The molecule has 0 bridgehead atoms. The van der Waals surface area contributed by atoms with Crippen LogP contribution in [-0.4, -0.2) is 25.4 Å². The third-order valence-corrected chi connectivity index (χ3v) is 5.81. The lowest BCUT2D eigenvalue weighted by Gasteiger charge is -2.37. The number of hydrogen-bond acceptors (Lipinski definition) is 2. The van der Waals surface area contributed by atoms with Gasteiger partial charge in [0.25, 0.3) is 0 Å². The molecule has 3 atom stereocenters. The number of nitrogens with zero attached hydrogens (tertiary/aromatic N) is 1. The third-order valence-electron chi connectivity index (χ3n) is 3.88. The van der Waals surface area contributed by atoms with Crippen molar-refractivity contribution in [3.63, 3.8) is 0 Å². The Morgan fingerprint density at radius 1 is 1.32 bits per heavy atom. The Balaban J connectivity index is 2.20. The van der Waals surface area contributed by atoms with E-state index in [0.29, 0.717) is 6.54 Å². The van der Waals surface area contributed by atoms with Crippen molar-refractivity contribution in [2.24, 2.45) is 0 Å². The molecule has 0 spiro atoms. The van der Waals surface area contributed by atoms with Crippen LogP contribution >= 0.6 is 0 Å². The first-order valence-corrected chi connectivity index (χ1v) is 9.03. The number of benzene rings is 1. The zero-order valence-corrected chi connectivity index (χ0v) is 14.8. The van der Waals surface area contributed by atoms with E-state index in [4.69, 9.17) is 4.74 Å². The van der Waals surface area contributed by atoms with E-state index in [1.807, 2.05) is 45.0 Å². The molecule has 4 heteroatoms. The van der Waals surface area contributed by atoms with Gasteiger partial charge in [-0.15, -0.1) is 0 Å². The van der Waals surface area contributed by atoms with Crippen LogP contribution in [0.5, 0.6) is 0 Å². The number of hydrogen-bond donors (Lipinski definition) is 0. The zero-order valence-electron chi connectivity index (χ0n) is 14.0. The SMILES string of the molecule is C[C@H]([C@@H]1CCC=CO1)N(Cc1ccccc1)S(=O)C(C)(C)C. The highest BCUT2D eigenvalue weighted by Crippen LogP contribution is 2.25. The van der Waals surface area contributed by atoms with Gasteiger partial charge in [0, 0.05) is 6.54 Å². The van der Waals surface area contributed by atoms with Gasteiger partial charge < -0.3 is 4.74 Å². The van der Waals surface area contributed by atoms with E-state index in [1.54, 1.807) is 6.26 Å². The van der Waals surface area contributed by atoms with Crippen molar-refractivity contribution in [3.05, 3.63) is 48.2 Å². The van der Waals surface area contributed by atoms with Crippen molar-refractivity contribution in [3.8, 4) is 0 Å². The van der Waals surface area contributed by atoms with Crippen LogP contribution in [0.2, 0.25) is 0 Å². The van der Waals surface area contributed by atoms with Gasteiger partial charge in [-0.25, -0.2) is 8.51 Å². The summed E-state index contributed by atoms with van der Waals surface area (Å²) in [5.74, 6) is 0. The molecule has 0 saturated carbocycles. The average molecular weight is 321 g/mol. The van der Waals surface area contributed by atoms with E-state index < -0.39 is 11.0 Å². The maximum Gasteiger partial charge on any atom is 0.114 e. The van der Waals surface area contributed by atoms with Gasteiger partial charge in [0.05, 0.1) is 17.1 Å². The zero-order chi connectivity index (χ0) is 16.2. The van der Waals surface area contributed by atoms with Crippen LogP contribution in [0, 0.1) is 0 Å². The van der Waals surface area contributed by atoms with Crippen molar-refractivity contribution < 1.29 is 8.95 Å². The summed E-state index contributed by atoms with van der Waals surface area (Å²) in [6.45, 7) is 8.87. The maximum absolute atomic E-state index is 13.0. The van der Waals surface area contributed by atoms with Crippen LogP contribution < -0.4 is 0 Å². The molecule has 0 aliphatic carbocycles. The smallest absolute Gasteiger partial charge is 0.114 e. The van der Waals surface area contributed by atoms with Crippen molar-refractivity contribution >= 4 is 11.0 Å². The minimum absolute atomic E-state index is 0.0972. The largest absolute Gasteiger partial charge is 0.497 e. The van der Waals surface area contributed by atoms with Gasteiger partial charge in [0.1, 0.15) is 17.1 Å². The summed E-state index contributed by atoms with van der Waals surface area (Å²) >= 11 is 0. The summed E-state index contributed by atoms with van der Waals surface area (Å²) in [7, 11) is -1.08. The fourth-order valence-electron chi connectivity index (χ4n) is 2.56.